The summed E-state index contributed by atoms with van der Waals surface area (Å²) in [6.07, 6.45) is 7.56. The van der Waals surface area contributed by atoms with Crippen LogP contribution in [0.5, 0.6) is 0 Å². The fraction of sp³-hybridized carbons (Fsp3) is 0.393. The molecule has 2 aliphatic rings. The summed E-state index contributed by atoms with van der Waals surface area (Å²) in [4.78, 5) is 20.1. The number of nitriles is 1. The highest BCUT2D eigenvalue weighted by molar-refractivity contribution is 7.91. The number of sulfone groups is 1. The number of rotatable bonds is 8. The van der Waals surface area contributed by atoms with Crippen LogP contribution in [-0.4, -0.2) is 36.5 Å². The number of fused-ring (bicyclic) bond motifs is 1. The molecule has 8 heteroatoms. The normalized spacial score (nSPS) is 17.8. The van der Waals surface area contributed by atoms with Crippen LogP contribution >= 0.6 is 0 Å². The number of allylic oxidation sites excluding steroid dienone is 3. The lowest BCUT2D eigenvalue weighted by Crippen LogP contribution is -2.28. The number of nitrogens with zero attached hydrogens (tertiary/aromatic N) is 3. The van der Waals surface area contributed by atoms with Gasteiger partial charge in [0.1, 0.15) is 0 Å². The number of benzene rings is 1. The molecule has 188 valence electrons. The molecule has 0 unspecified atom stereocenters. The molecule has 7 nitrogen and oxygen atoms in total. The molecule has 0 fully saturated rings. The van der Waals surface area contributed by atoms with Crippen LogP contribution in [0.25, 0.3) is 0 Å². The van der Waals surface area contributed by atoms with Crippen molar-refractivity contribution in [1.29, 1.82) is 5.26 Å². The van der Waals surface area contributed by atoms with Gasteiger partial charge in [0.2, 0.25) is 5.91 Å². The highest BCUT2D eigenvalue weighted by Gasteiger charge is 2.34. The van der Waals surface area contributed by atoms with Crippen molar-refractivity contribution >= 4 is 21.4 Å². The summed E-state index contributed by atoms with van der Waals surface area (Å²) in [6, 6.07) is 10.9. The van der Waals surface area contributed by atoms with Gasteiger partial charge in [0, 0.05) is 18.7 Å². The second-order valence-corrected chi connectivity index (χ2v) is 12.0. The first kappa shape index (κ1) is 25.8. The van der Waals surface area contributed by atoms with Gasteiger partial charge < -0.3 is 5.32 Å². The molecule has 1 aromatic heterocycles. The molecule has 1 atom stereocenters. The van der Waals surface area contributed by atoms with Crippen LogP contribution in [0.2, 0.25) is 0 Å². The molecule has 0 spiro atoms. The number of carbonyl (C=O) groups is 1. The van der Waals surface area contributed by atoms with Gasteiger partial charge in [-0.3, -0.25) is 14.7 Å². The first-order valence-corrected chi connectivity index (χ1v) is 14.0. The summed E-state index contributed by atoms with van der Waals surface area (Å²) in [7, 11) is -3.26. The molecule has 1 amide bonds. The van der Waals surface area contributed by atoms with Gasteiger partial charge in [-0.05, 0) is 54.2 Å². The molecule has 2 aromatic rings. The third kappa shape index (κ3) is 5.75. The average Bonchev–Trinajstić information content (AvgIpc) is 3.22. The molecule has 36 heavy (non-hydrogen) atoms. The maximum absolute atomic E-state index is 12.7. The van der Waals surface area contributed by atoms with E-state index in [9.17, 15) is 13.2 Å². The molecule has 0 saturated heterocycles. The van der Waals surface area contributed by atoms with Crippen molar-refractivity contribution in [2.24, 2.45) is 5.92 Å². The van der Waals surface area contributed by atoms with E-state index in [1.807, 2.05) is 12.1 Å². The molecule has 0 saturated carbocycles. The Balaban J connectivity index is 1.43. The van der Waals surface area contributed by atoms with E-state index in [0.717, 1.165) is 48.3 Å². The Hall–Kier alpha value is -3.28. The average molecular weight is 505 g/mol. The Morgan fingerprint density at radius 1 is 1.22 bits per heavy atom. The lowest BCUT2D eigenvalue weighted by Gasteiger charge is -2.29. The maximum Gasteiger partial charge on any atom is 0.228 e. The Labute approximate surface area is 213 Å². The minimum atomic E-state index is -3.26. The number of hydrogen-bond donors (Lipinski definition) is 1. The predicted molar refractivity (Wildman–Crippen MR) is 140 cm³/mol. The third-order valence-corrected chi connectivity index (χ3v) is 8.53. The summed E-state index contributed by atoms with van der Waals surface area (Å²) in [5, 5.41) is 12.0. The molecule has 0 bridgehead atoms. The van der Waals surface area contributed by atoms with Gasteiger partial charge in [-0.1, -0.05) is 44.6 Å². The SMILES string of the molecule is CCS(=O)(=O)c1ccc(CC(=O)Nc2cnc3c(c2)CN(CC2=CC=C(C#N)CC2)[C@H]3C(C)C)cc1. The summed E-state index contributed by atoms with van der Waals surface area (Å²) in [5.74, 6) is 0.253. The van der Waals surface area contributed by atoms with Crippen molar-refractivity contribution < 1.29 is 13.2 Å². The molecule has 1 aliphatic carbocycles. The number of pyridine rings is 1. The van der Waals surface area contributed by atoms with Crippen LogP contribution in [-0.2, 0) is 27.6 Å². The summed E-state index contributed by atoms with van der Waals surface area (Å²) < 4.78 is 24.0. The van der Waals surface area contributed by atoms with Crippen molar-refractivity contribution in [3.63, 3.8) is 0 Å². The largest absolute Gasteiger partial charge is 0.324 e. The predicted octanol–water partition coefficient (Wildman–Crippen LogP) is 4.74. The van der Waals surface area contributed by atoms with Crippen LogP contribution in [0.3, 0.4) is 0 Å². The van der Waals surface area contributed by atoms with Crippen LogP contribution in [0.15, 0.2) is 64.7 Å². The monoisotopic (exact) mass is 504 g/mol. The minimum absolute atomic E-state index is 0.0457. The van der Waals surface area contributed by atoms with E-state index in [-0.39, 0.29) is 29.0 Å². The van der Waals surface area contributed by atoms with Crippen molar-refractivity contribution in [2.45, 2.75) is 57.5 Å². The first-order valence-electron chi connectivity index (χ1n) is 12.3. The van der Waals surface area contributed by atoms with Crippen molar-refractivity contribution in [3.8, 4) is 6.07 Å². The Bertz CT molecular complexity index is 1350. The Kier molecular flexibility index (Phi) is 7.72. The van der Waals surface area contributed by atoms with E-state index in [0.29, 0.717) is 11.6 Å². The third-order valence-electron chi connectivity index (χ3n) is 6.78. The quantitative estimate of drug-likeness (QED) is 0.557. The van der Waals surface area contributed by atoms with Gasteiger partial charge >= 0.3 is 0 Å². The van der Waals surface area contributed by atoms with E-state index >= 15 is 0 Å². The highest BCUT2D eigenvalue weighted by Crippen LogP contribution is 2.39. The zero-order valence-corrected chi connectivity index (χ0v) is 21.8. The van der Waals surface area contributed by atoms with E-state index in [2.05, 4.69) is 36.2 Å². The number of carbonyl (C=O) groups excluding carboxylic acids is 1. The van der Waals surface area contributed by atoms with Crippen LogP contribution in [0.4, 0.5) is 5.69 Å². The van der Waals surface area contributed by atoms with Gasteiger partial charge in [-0.2, -0.15) is 5.26 Å². The summed E-state index contributed by atoms with van der Waals surface area (Å²) >= 11 is 0. The second-order valence-electron chi connectivity index (χ2n) is 9.76. The van der Waals surface area contributed by atoms with Gasteiger partial charge in [-0.25, -0.2) is 8.42 Å². The fourth-order valence-electron chi connectivity index (χ4n) is 4.90. The van der Waals surface area contributed by atoms with E-state index < -0.39 is 9.84 Å². The topological polar surface area (TPSA) is 103 Å². The number of hydrogen-bond acceptors (Lipinski definition) is 6. The molecule has 1 aromatic carbocycles. The lowest BCUT2D eigenvalue weighted by atomic mass is 9.96. The van der Waals surface area contributed by atoms with E-state index in [1.54, 1.807) is 37.4 Å². The maximum atomic E-state index is 12.7. The minimum Gasteiger partial charge on any atom is -0.324 e. The smallest absolute Gasteiger partial charge is 0.228 e. The number of nitrogens with one attached hydrogen (secondary N) is 1. The van der Waals surface area contributed by atoms with Crippen LogP contribution in [0, 0.1) is 17.2 Å². The second kappa shape index (κ2) is 10.8. The molecular formula is C28H32N4O3S. The summed E-state index contributed by atoms with van der Waals surface area (Å²) in [5.41, 5.74) is 5.72. The van der Waals surface area contributed by atoms with Crippen molar-refractivity contribution in [3.05, 3.63) is 76.6 Å². The number of anilines is 1. The molecular weight excluding hydrogens is 472 g/mol. The Morgan fingerprint density at radius 2 is 1.97 bits per heavy atom. The summed E-state index contributed by atoms with van der Waals surface area (Å²) in [6.45, 7) is 7.60. The number of amides is 1. The van der Waals surface area contributed by atoms with Crippen molar-refractivity contribution in [2.75, 3.05) is 17.6 Å². The van der Waals surface area contributed by atoms with Crippen LogP contribution < -0.4 is 5.32 Å². The first-order chi connectivity index (χ1) is 17.2. The highest BCUT2D eigenvalue weighted by atomic mass is 32.2. The van der Waals surface area contributed by atoms with E-state index in [4.69, 9.17) is 10.2 Å². The fourth-order valence-corrected chi connectivity index (χ4v) is 5.79. The molecule has 2 heterocycles. The lowest BCUT2D eigenvalue weighted by molar-refractivity contribution is -0.115. The molecule has 0 radical (unpaired) electrons. The van der Waals surface area contributed by atoms with E-state index in [1.165, 1.54) is 5.57 Å². The standard InChI is InChI=1S/C28H32N4O3S/c1-4-36(34,35)25-11-9-20(10-12-25)13-26(33)31-24-14-23-18-32(28(19(2)3)27(23)30-16-24)17-22-7-5-21(15-29)6-8-22/h5,7,9-12,14,16,19,28H,4,6,8,13,17-18H2,1-3H3,(H,31,33)/t28-/m0/s1. The van der Waals surface area contributed by atoms with Gasteiger partial charge in [-0.15, -0.1) is 0 Å². The Morgan fingerprint density at radius 3 is 2.58 bits per heavy atom. The zero-order valence-electron chi connectivity index (χ0n) is 21.0. The van der Waals surface area contributed by atoms with Gasteiger partial charge in [0.05, 0.1) is 46.8 Å². The van der Waals surface area contributed by atoms with Crippen molar-refractivity contribution in [1.82, 2.24) is 9.88 Å². The van der Waals surface area contributed by atoms with Crippen LogP contribution in [0.1, 0.15) is 56.5 Å². The number of aromatic nitrogens is 1. The van der Waals surface area contributed by atoms with Gasteiger partial charge in [0.15, 0.2) is 9.84 Å². The van der Waals surface area contributed by atoms with Gasteiger partial charge in [0.25, 0.3) is 0 Å². The molecule has 1 N–H and O–H groups in total. The zero-order chi connectivity index (χ0) is 25.9. The molecule has 1 aliphatic heterocycles. The molecule has 4 rings (SSSR count).